The van der Waals surface area contributed by atoms with Gasteiger partial charge in [-0.1, -0.05) is 0 Å². The number of hydrogen-bond donors (Lipinski definition) is 1. The lowest BCUT2D eigenvalue weighted by Gasteiger charge is -2.32. The van der Waals surface area contributed by atoms with E-state index in [2.05, 4.69) is 10.2 Å². The van der Waals surface area contributed by atoms with Crippen LogP contribution in [-0.2, 0) is 4.79 Å². The van der Waals surface area contributed by atoms with Crippen LogP contribution >= 0.6 is 0 Å². The van der Waals surface area contributed by atoms with E-state index in [1.54, 1.807) is 32.4 Å². The molecule has 1 aromatic rings. The standard InChI is InChI=1S/C21H31N3O4/c1-27-18-11-17(12-19(13-18)28-2)21(26)22-14-16-5-9-23(10-6-16)15-20(25)24-7-3-4-8-24/h11-13,16H,3-10,14-15H2,1-2H3,(H,22,26). The Bertz CT molecular complexity index is 658. The van der Waals surface area contributed by atoms with Gasteiger partial charge < -0.3 is 19.7 Å². The predicted molar refractivity (Wildman–Crippen MR) is 107 cm³/mol. The molecule has 0 unspecified atom stereocenters. The molecule has 28 heavy (non-hydrogen) atoms. The lowest BCUT2D eigenvalue weighted by atomic mass is 9.96. The zero-order valence-electron chi connectivity index (χ0n) is 16.9. The molecule has 0 aliphatic carbocycles. The average molecular weight is 389 g/mol. The van der Waals surface area contributed by atoms with Crippen molar-refractivity contribution in [1.29, 1.82) is 0 Å². The molecule has 0 aromatic heterocycles. The molecule has 0 bridgehead atoms. The minimum atomic E-state index is -0.121. The SMILES string of the molecule is COc1cc(OC)cc(C(=O)NCC2CCN(CC(=O)N3CCCC3)CC2)c1. The summed E-state index contributed by atoms with van der Waals surface area (Å²) >= 11 is 0. The van der Waals surface area contributed by atoms with E-state index in [0.29, 0.717) is 36.1 Å². The maximum atomic E-state index is 12.5. The van der Waals surface area contributed by atoms with Crippen LogP contribution in [-0.4, -0.2) is 75.1 Å². The normalized spacial score (nSPS) is 18.1. The van der Waals surface area contributed by atoms with Gasteiger partial charge in [0.15, 0.2) is 0 Å². The number of amides is 2. The summed E-state index contributed by atoms with van der Waals surface area (Å²) < 4.78 is 10.5. The summed E-state index contributed by atoms with van der Waals surface area (Å²) in [5.41, 5.74) is 0.532. The van der Waals surface area contributed by atoms with Gasteiger partial charge in [-0.15, -0.1) is 0 Å². The van der Waals surface area contributed by atoms with Crippen molar-refractivity contribution in [3.05, 3.63) is 23.8 Å². The Labute approximate surface area is 167 Å². The molecule has 0 radical (unpaired) electrons. The van der Waals surface area contributed by atoms with Crippen molar-refractivity contribution >= 4 is 11.8 Å². The van der Waals surface area contributed by atoms with Crippen LogP contribution in [0.25, 0.3) is 0 Å². The maximum absolute atomic E-state index is 12.5. The highest BCUT2D eigenvalue weighted by atomic mass is 16.5. The number of carbonyl (C=O) groups is 2. The quantitative estimate of drug-likeness (QED) is 0.770. The second-order valence-electron chi connectivity index (χ2n) is 7.62. The number of nitrogens with one attached hydrogen (secondary N) is 1. The largest absolute Gasteiger partial charge is 0.497 e. The van der Waals surface area contributed by atoms with E-state index in [9.17, 15) is 9.59 Å². The van der Waals surface area contributed by atoms with Crippen molar-refractivity contribution in [2.75, 3.05) is 53.5 Å². The Hall–Kier alpha value is -2.28. The summed E-state index contributed by atoms with van der Waals surface area (Å²) in [6.07, 6.45) is 4.25. The molecule has 2 saturated heterocycles. The molecule has 1 N–H and O–H groups in total. The Kier molecular flexibility index (Phi) is 7.14. The molecule has 7 heteroatoms. The van der Waals surface area contributed by atoms with Crippen molar-refractivity contribution in [2.45, 2.75) is 25.7 Å². The van der Waals surface area contributed by atoms with Crippen LogP contribution in [0.3, 0.4) is 0 Å². The molecule has 1 aromatic carbocycles. The number of hydrogen-bond acceptors (Lipinski definition) is 5. The van der Waals surface area contributed by atoms with Gasteiger partial charge in [0.2, 0.25) is 5.91 Å². The number of benzene rings is 1. The van der Waals surface area contributed by atoms with Crippen molar-refractivity contribution in [3.63, 3.8) is 0 Å². The zero-order valence-corrected chi connectivity index (χ0v) is 16.9. The third-order valence-electron chi connectivity index (χ3n) is 5.69. The van der Waals surface area contributed by atoms with E-state index < -0.39 is 0 Å². The number of methoxy groups -OCH3 is 2. The van der Waals surface area contributed by atoms with E-state index in [-0.39, 0.29) is 11.8 Å². The van der Waals surface area contributed by atoms with Gasteiger partial charge in [0.25, 0.3) is 5.91 Å². The van der Waals surface area contributed by atoms with Gasteiger partial charge in [-0.05, 0) is 56.8 Å². The van der Waals surface area contributed by atoms with Gasteiger partial charge in [0.1, 0.15) is 11.5 Å². The second kappa shape index (κ2) is 9.78. The lowest BCUT2D eigenvalue weighted by Crippen LogP contribution is -2.44. The number of likely N-dealkylation sites (tertiary alicyclic amines) is 2. The van der Waals surface area contributed by atoms with Crippen LogP contribution in [0.4, 0.5) is 0 Å². The summed E-state index contributed by atoms with van der Waals surface area (Å²) in [5, 5.41) is 3.03. The predicted octanol–water partition coefficient (Wildman–Crippen LogP) is 1.77. The van der Waals surface area contributed by atoms with E-state index in [1.807, 2.05) is 4.90 Å². The minimum absolute atomic E-state index is 0.121. The Morgan fingerprint density at radius 1 is 1.00 bits per heavy atom. The highest BCUT2D eigenvalue weighted by Gasteiger charge is 2.24. The molecule has 7 nitrogen and oxygen atoms in total. The highest BCUT2D eigenvalue weighted by molar-refractivity contribution is 5.95. The monoisotopic (exact) mass is 389 g/mol. The molecule has 0 saturated carbocycles. The van der Waals surface area contributed by atoms with Gasteiger partial charge >= 0.3 is 0 Å². The number of piperidine rings is 1. The Morgan fingerprint density at radius 2 is 1.61 bits per heavy atom. The van der Waals surface area contributed by atoms with Crippen LogP contribution in [0.5, 0.6) is 11.5 Å². The topological polar surface area (TPSA) is 71.1 Å². The zero-order chi connectivity index (χ0) is 19.9. The molecule has 2 aliphatic rings. The van der Waals surface area contributed by atoms with Gasteiger partial charge in [-0.3, -0.25) is 14.5 Å². The smallest absolute Gasteiger partial charge is 0.251 e. The molecule has 2 aliphatic heterocycles. The first-order chi connectivity index (χ1) is 13.6. The second-order valence-corrected chi connectivity index (χ2v) is 7.62. The molecule has 2 fully saturated rings. The number of ether oxygens (including phenoxy) is 2. The first-order valence-corrected chi connectivity index (χ1v) is 10.1. The van der Waals surface area contributed by atoms with Gasteiger partial charge in [-0.2, -0.15) is 0 Å². The maximum Gasteiger partial charge on any atom is 0.251 e. The average Bonchev–Trinajstić information content (AvgIpc) is 3.27. The Morgan fingerprint density at radius 3 is 2.18 bits per heavy atom. The van der Waals surface area contributed by atoms with Gasteiger partial charge in [0.05, 0.1) is 20.8 Å². The van der Waals surface area contributed by atoms with E-state index in [4.69, 9.17) is 9.47 Å². The van der Waals surface area contributed by atoms with Gasteiger partial charge in [0, 0.05) is 31.3 Å². The number of rotatable bonds is 7. The van der Waals surface area contributed by atoms with Crippen molar-refractivity contribution in [2.24, 2.45) is 5.92 Å². The van der Waals surface area contributed by atoms with E-state index >= 15 is 0 Å². The molecular weight excluding hydrogens is 358 g/mol. The molecule has 3 rings (SSSR count). The first-order valence-electron chi connectivity index (χ1n) is 10.1. The summed E-state index contributed by atoms with van der Waals surface area (Å²) in [6, 6.07) is 5.17. The van der Waals surface area contributed by atoms with Crippen molar-refractivity contribution in [3.8, 4) is 11.5 Å². The van der Waals surface area contributed by atoms with Crippen molar-refractivity contribution < 1.29 is 19.1 Å². The van der Waals surface area contributed by atoms with E-state index in [0.717, 1.165) is 51.9 Å². The highest BCUT2D eigenvalue weighted by Crippen LogP contribution is 2.23. The third kappa shape index (κ3) is 5.38. The molecule has 154 valence electrons. The lowest BCUT2D eigenvalue weighted by molar-refractivity contribution is -0.131. The molecule has 0 spiro atoms. The fourth-order valence-electron chi connectivity index (χ4n) is 3.88. The number of nitrogens with zero attached hydrogens (tertiary/aromatic N) is 2. The van der Waals surface area contributed by atoms with Crippen molar-refractivity contribution in [1.82, 2.24) is 15.1 Å². The van der Waals surface area contributed by atoms with Crippen LogP contribution in [0.2, 0.25) is 0 Å². The molecule has 0 atom stereocenters. The van der Waals surface area contributed by atoms with Crippen LogP contribution in [0, 0.1) is 5.92 Å². The first kappa shape index (κ1) is 20.5. The minimum Gasteiger partial charge on any atom is -0.497 e. The molecular formula is C21H31N3O4. The summed E-state index contributed by atoms with van der Waals surface area (Å²) in [6.45, 7) is 4.82. The van der Waals surface area contributed by atoms with Crippen LogP contribution in [0.15, 0.2) is 18.2 Å². The van der Waals surface area contributed by atoms with Crippen LogP contribution in [0.1, 0.15) is 36.0 Å². The summed E-state index contributed by atoms with van der Waals surface area (Å²) in [4.78, 5) is 29.0. The molecule has 2 amide bonds. The fourth-order valence-corrected chi connectivity index (χ4v) is 3.88. The summed E-state index contributed by atoms with van der Waals surface area (Å²) in [5.74, 6) is 1.77. The fraction of sp³-hybridized carbons (Fsp3) is 0.619. The molecule has 2 heterocycles. The summed E-state index contributed by atoms with van der Waals surface area (Å²) in [7, 11) is 3.14. The number of carbonyl (C=O) groups excluding carboxylic acids is 2. The Balaban J connectivity index is 1.42. The van der Waals surface area contributed by atoms with E-state index in [1.165, 1.54) is 0 Å². The van der Waals surface area contributed by atoms with Gasteiger partial charge in [-0.25, -0.2) is 0 Å². The third-order valence-corrected chi connectivity index (χ3v) is 5.69. The van der Waals surface area contributed by atoms with Crippen LogP contribution < -0.4 is 14.8 Å².